The zero-order chi connectivity index (χ0) is 20.3. The van der Waals surface area contributed by atoms with Crippen molar-refractivity contribution in [3.63, 3.8) is 0 Å². The fraction of sp³-hybridized carbons (Fsp3) is 0.0952. The first kappa shape index (κ1) is 19.9. The number of carbonyl (C=O) groups is 1. The van der Waals surface area contributed by atoms with E-state index in [9.17, 15) is 13.2 Å². The maximum Gasteiger partial charge on any atom is 0.284 e. The summed E-state index contributed by atoms with van der Waals surface area (Å²) in [5.41, 5.74) is 1.64. The van der Waals surface area contributed by atoms with E-state index >= 15 is 0 Å². The quantitative estimate of drug-likeness (QED) is 0.428. The lowest BCUT2D eigenvalue weighted by molar-refractivity contribution is -0.112. The number of ketones is 1. The van der Waals surface area contributed by atoms with Gasteiger partial charge in [-0.3, -0.25) is 4.79 Å². The van der Waals surface area contributed by atoms with E-state index in [4.69, 9.17) is 11.6 Å². The van der Waals surface area contributed by atoms with Crippen molar-refractivity contribution in [2.75, 3.05) is 0 Å². The zero-order valence-corrected chi connectivity index (χ0v) is 16.8. The van der Waals surface area contributed by atoms with Gasteiger partial charge in [0, 0.05) is 11.1 Å². The van der Waals surface area contributed by atoms with Crippen LogP contribution < -0.4 is 0 Å². The Morgan fingerprint density at radius 2 is 1.50 bits per heavy atom. The van der Waals surface area contributed by atoms with E-state index in [1.165, 1.54) is 18.2 Å². The third-order valence-electron chi connectivity index (χ3n) is 4.11. The average Bonchev–Trinajstić information content (AvgIpc) is 2.71. The largest absolute Gasteiger partial charge is 0.289 e. The number of carbonyl (C=O) groups excluding carboxylic acids is 1. The molecule has 3 rings (SSSR count). The lowest BCUT2D eigenvalue weighted by Gasteiger charge is -2.13. The van der Waals surface area contributed by atoms with Gasteiger partial charge < -0.3 is 0 Å². The molecule has 0 bridgehead atoms. The van der Waals surface area contributed by atoms with E-state index in [1.54, 1.807) is 62.4 Å². The van der Waals surface area contributed by atoms with Crippen LogP contribution in [0.5, 0.6) is 0 Å². The Hall–Kier alpha value is -2.83. The first-order valence-corrected chi connectivity index (χ1v) is 10.3. The van der Waals surface area contributed by atoms with Crippen molar-refractivity contribution in [3.05, 3.63) is 88.5 Å². The van der Waals surface area contributed by atoms with Gasteiger partial charge in [-0.05, 0) is 37.6 Å². The van der Waals surface area contributed by atoms with Crippen LogP contribution in [0.1, 0.15) is 19.4 Å². The number of sulfonamides is 1. The highest BCUT2D eigenvalue weighted by molar-refractivity contribution is 7.90. The molecule has 2 aromatic carbocycles. The third-order valence-corrected chi connectivity index (χ3v) is 5.87. The number of halogens is 1. The highest BCUT2D eigenvalue weighted by atomic mass is 35.5. The number of hydrogen-bond donors (Lipinski definition) is 0. The summed E-state index contributed by atoms with van der Waals surface area (Å²) in [5, 5.41) is 0.177. The minimum atomic E-state index is -3.98. The van der Waals surface area contributed by atoms with Gasteiger partial charge in [0.25, 0.3) is 10.0 Å². The molecule has 0 saturated carbocycles. The fourth-order valence-corrected chi connectivity index (χ4v) is 3.76. The predicted octanol–water partition coefficient (Wildman–Crippen LogP) is 4.30. The second-order valence-electron chi connectivity index (χ2n) is 6.16. The number of aliphatic imine (C=N–C) groups is 1. The van der Waals surface area contributed by atoms with Crippen LogP contribution in [0.25, 0.3) is 0 Å². The second kappa shape index (κ2) is 8.04. The van der Waals surface area contributed by atoms with Gasteiger partial charge in [-0.25, -0.2) is 4.99 Å². The van der Waals surface area contributed by atoms with Crippen LogP contribution in [0.2, 0.25) is 0 Å². The molecular weight excluding hydrogens is 396 g/mol. The topological polar surface area (TPSA) is 75.9 Å². The summed E-state index contributed by atoms with van der Waals surface area (Å²) in [4.78, 5) is 16.5. The number of amidine groups is 1. The molecule has 0 aliphatic heterocycles. The highest BCUT2D eigenvalue weighted by Crippen LogP contribution is 2.23. The van der Waals surface area contributed by atoms with Crippen molar-refractivity contribution in [1.29, 1.82) is 0 Å². The number of hydrogen-bond acceptors (Lipinski definition) is 3. The molecule has 0 radical (unpaired) electrons. The van der Waals surface area contributed by atoms with Gasteiger partial charge in [0.05, 0.1) is 15.6 Å². The molecule has 0 heterocycles. The van der Waals surface area contributed by atoms with Crippen LogP contribution in [0, 0.1) is 0 Å². The van der Waals surface area contributed by atoms with Crippen LogP contribution in [-0.2, 0) is 14.8 Å². The van der Waals surface area contributed by atoms with E-state index in [-0.39, 0.29) is 21.5 Å². The molecule has 0 spiro atoms. The molecule has 0 saturated heterocycles. The highest BCUT2D eigenvalue weighted by Gasteiger charge is 2.22. The van der Waals surface area contributed by atoms with E-state index in [2.05, 4.69) is 9.39 Å². The number of allylic oxidation sites excluding steroid dienone is 4. The van der Waals surface area contributed by atoms with E-state index in [0.717, 1.165) is 0 Å². The number of Topliss-reactive ketones (excluding diaryl/α,β-unsaturated/α-hetero) is 1. The van der Waals surface area contributed by atoms with Crippen LogP contribution in [0.4, 0.5) is 0 Å². The van der Waals surface area contributed by atoms with Crippen LogP contribution in [0.15, 0.2) is 97.2 Å². The minimum absolute atomic E-state index is 0.0104. The molecule has 1 aliphatic rings. The smallest absolute Gasteiger partial charge is 0.284 e. The molecular formula is C21H17ClN2O3S. The van der Waals surface area contributed by atoms with Gasteiger partial charge in [0.1, 0.15) is 0 Å². The Labute approximate surface area is 168 Å². The molecule has 0 aromatic heterocycles. The Bertz CT molecular complexity index is 1150. The summed E-state index contributed by atoms with van der Waals surface area (Å²) >= 11 is 6.29. The standard InChI is InChI=1S/C21H17ClN2O3S/c1-14-13-18(19(22)15(2)20(14)25)23-21(16-9-5-3-6-10-16)24-28(26,27)17-11-7-4-8-12-17/h3-13H,1-2H3. The van der Waals surface area contributed by atoms with Crippen molar-refractivity contribution in [2.45, 2.75) is 18.7 Å². The molecule has 0 atom stereocenters. The molecule has 0 fully saturated rings. The minimum Gasteiger partial charge on any atom is -0.289 e. The molecule has 7 heteroatoms. The van der Waals surface area contributed by atoms with E-state index in [1.807, 2.05) is 0 Å². The van der Waals surface area contributed by atoms with E-state index in [0.29, 0.717) is 22.4 Å². The number of benzene rings is 2. The number of rotatable bonds is 3. The van der Waals surface area contributed by atoms with Crippen LogP contribution >= 0.6 is 11.6 Å². The normalized spacial score (nSPS) is 17.1. The SMILES string of the molecule is CC1=CC(=NC(=NS(=O)(=O)c2ccccc2)c2ccccc2)C(Cl)=C(C)C1=O. The van der Waals surface area contributed by atoms with Gasteiger partial charge in [-0.1, -0.05) is 60.1 Å². The predicted molar refractivity (Wildman–Crippen MR) is 111 cm³/mol. The van der Waals surface area contributed by atoms with Crippen molar-refractivity contribution in [2.24, 2.45) is 9.39 Å². The Kier molecular flexibility index (Phi) is 5.72. The summed E-state index contributed by atoms with van der Waals surface area (Å²) in [6.07, 6.45) is 1.53. The van der Waals surface area contributed by atoms with Gasteiger partial charge in [-0.15, -0.1) is 4.40 Å². The average molecular weight is 413 g/mol. The maximum absolute atomic E-state index is 12.7. The molecule has 1 aliphatic carbocycles. The van der Waals surface area contributed by atoms with Gasteiger partial charge >= 0.3 is 0 Å². The van der Waals surface area contributed by atoms with E-state index < -0.39 is 10.0 Å². The van der Waals surface area contributed by atoms with Gasteiger partial charge in [0.15, 0.2) is 11.6 Å². The maximum atomic E-state index is 12.7. The van der Waals surface area contributed by atoms with Gasteiger partial charge in [-0.2, -0.15) is 8.42 Å². The summed E-state index contributed by atoms with van der Waals surface area (Å²) < 4.78 is 29.4. The molecule has 0 unspecified atom stereocenters. The monoisotopic (exact) mass is 412 g/mol. The summed E-state index contributed by atoms with van der Waals surface area (Å²) in [6.45, 7) is 3.27. The number of nitrogens with zero attached hydrogens (tertiary/aromatic N) is 2. The first-order chi connectivity index (χ1) is 13.3. The van der Waals surface area contributed by atoms with Crippen molar-refractivity contribution >= 4 is 39.0 Å². The molecule has 28 heavy (non-hydrogen) atoms. The zero-order valence-electron chi connectivity index (χ0n) is 15.3. The fourth-order valence-electron chi connectivity index (χ4n) is 2.60. The molecule has 5 nitrogen and oxygen atoms in total. The molecule has 142 valence electrons. The first-order valence-electron chi connectivity index (χ1n) is 8.43. The van der Waals surface area contributed by atoms with Crippen LogP contribution in [0.3, 0.4) is 0 Å². The Morgan fingerprint density at radius 1 is 0.929 bits per heavy atom. The molecule has 2 aromatic rings. The summed E-state index contributed by atoms with van der Waals surface area (Å²) in [7, 11) is -3.98. The lowest BCUT2D eigenvalue weighted by Crippen LogP contribution is -2.16. The van der Waals surface area contributed by atoms with Crippen molar-refractivity contribution in [1.82, 2.24) is 0 Å². The summed E-state index contributed by atoms with van der Waals surface area (Å²) in [5.74, 6) is -0.178. The molecule has 0 N–H and O–H groups in total. The second-order valence-corrected chi connectivity index (χ2v) is 8.14. The third kappa shape index (κ3) is 4.18. The summed E-state index contributed by atoms with van der Waals surface area (Å²) in [6, 6.07) is 16.6. The Balaban J connectivity index is 2.19. The molecule has 0 amide bonds. The van der Waals surface area contributed by atoms with Crippen LogP contribution in [-0.4, -0.2) is 25.7 Å². The lowest BCUT2D eigenvalue weighted by atomic mass is 9.97. The van der Waals surface area contributed by atoms with Crippen molar-refractivity contribution < 1.29 is 13.2 Å². The van der Waals surface area contributed by atoms with Gasteiger partial charge in [0.2, 0.25) is 0 Å². The van der Waals surface area contributed by atoms with Crippen molar-refractivity contribution in [3.8, 4) is 0 Å². The Morgan fingerprint density at radius 3 is 2.11 bits per heavy atom.